The van der Waals surface area contributed by atoms with Crippen molar-refractivity contribution in [1.29, 1.82) is 0 Å². The molecule has 1 aromatic rings. The summed E-state index contributed by atoms with van der Waals surface area (Å²) < 4.78 is 11.9. The van der Waals surface area contributed by atoms with E-state index < -0.39 is 0 Å². The van der Waals surface area contributed by atoms with Crippen LogP contribution >= 0.6 is 15.9 Å². The van der Waals surface area contributed by atoms with Crippen LogP contribution < -0.4 is 5.73 Å². The molecule has 0 aliphatic rings. The van der Waals surface area contributed by atoms with Crippen molar-refractivity contribution in [3.63, 3.8) is 0 Å². The summed E-state index contributed by atoms with van der Waals surface area (Å²) in [5, 5.41) is 0. The Kier molecular flexibility index (Phi) is 5.98. The van der Waals surface area contributed by atoms with Crippen LogP contribution in [0.5, 0.6) is 0 Å². The number of hydrogen-bond donors (Lipinski definition) is 1. The highest BCUT2D eigenvalue weighted by Gasteiger charge is 2.14. The molecule has 4 heteroatoms. The molecule has 1 aromatic carbocycles. The summed E-state index contributed by atoms with van der Waals surface area (Å²) in [4.78, 5) is 0. The van der Waals surface area contributed by atoms with Gasteiger partial charge in [-0.25, -0.2) is 0 Å². The van der Waals surface area contributed by atoms with Gasteiger partial charge in [0.2, 0.25) is 0 Å². The second kappa shape index (κ2) is 7.01. The fourth-order valence-electron chi connectivity index (χ4n) is 1.53. The average molecular weight is 288 g/mol. The van der Waals surface area contributed by atoms with Crippen molar-refractivity contribution >= 4 is 15.9 Å². The first-order valence-corrected chi connectivity index (χ1v) is 6.06. The van der Waals surface area contributed by atoms with Crippen molar-refractivity contribution < 1.29 is 9.47 Å². The monoisotopic (exact) mass is 287 g/mol. The van der Waals surface area contributed by atoms with Crippen molar-refractivity contribution in [1.82, 2.24) is 0 Å². The van der Waals surface area contributed by atoms with E-state index in [1.165, 1.54) is 0 Å². The zero-order chi connectivity index (χ0) is 12.0. The number of rotatable bonds is 6. The summed E-state index contributed by atoms with van der Waals surface area (Å²) in [6, 6.07) is 8.00. The summed E-state index contributed by atoms with van der Waals surface area (Å²) >= 11 is 3.44. The van der Waals surface area contributed by atoms with Crippen LogP contribution in [-0.2, 0) is 9.47 Å². The number of ether oxygens (including phenoxy) is 2. The minimum absolute atomic E-state index is 0.0394. The molecule has 0 saturated heterocycles. The Morgan fingerprint density at radius 1 is 1.44 bits per heavy atom. The van der Waals surface area contributed by atoms with Crippen LogP contribution in [0, 0.1) is 0 Å². The zero-order valence-corrected chi connectivity index (χ0v) is 11.2. The predicted molar refractivity (Wildman–Crippen MR) is 68.4 cm³/mol. The van der Waals surface area contributed by atoms with Gasteiger partial charge in [0.05, 0.1) is 18.8 Å². The van der Waals surface area contributed by atoms with E-state index in [0.717, 1.165) is 10.0 Å². The van der Waals surface area contributed by atoms with E-state index in [1.54, 1.807) is 7.11 Å². The van der Waals surface area contributed by atoms with Crippen LogP contribution in [-0.4, -0.2) is 26.4 Å². The average Bonchev–Trinajstić information content (AvgIpc) is 2.26. The van der Waals surface area contributed by atoms with Gasteiger partial charge in [-0.05, 0) is 24.6 Å². The summed E-state index contributed by atoms with van der Waals surface area (Å²) in [5.41, 5.74) is 6.80. The molecule has 2 unspecified atom stereocenters. The maximum Gasteiger partial charge on any atom is 0.0952 e. The van der Waals surface area contributed by atoms with Crippen LogP contribution in [0.4, 0.5) is 0 Å². The van der Waals surface area contributed by atoms with Gasteiger partial charge in [0.15, 0.2) is 0 Å². The molecule has 90 valence electrons. The third-order valence-corrected chi connectivity index (χ3v) is 2.73. The van der Waals surface area contributed by atoms with Crippen molar-refractivity contribution in [2.45, 2.75) is 19.1 Å². The molecule has 16 heavy (non-hydrogen) atoms. The zero-order valence-electron chi connectivity index (χ0n) is 9.65. The van der Waals surface area contributed by atoms with Crippen LogP contribution in [0.3, 0.4) is 0 Å². The fraction of sp³-hybridized carbons (Fsp3) is 0.500. The Morgan fingerprint density at radius 3 is 2.75 bits per heavy atom. The lowest BCUT2D eigenvalue weighted by atomic mass is 10.1. The quantitative estimate of drug-likeness (QED) is 0.874. The third-order valence-electron chi connectivity index (χ3n) is 2.23. The van der Waals surface area contributed by atoms with Crippen LogP contribution in [0.25, 0.3) is 0 Å². The molecular formula is C12H18BrNO2. The molecule has 0 radical (unpaired) electrons. The Bertz CT molecular complexity index is 320. The maximum atomic E-state index is 5.81. The molecule has 0 saturated carbocycles. The van der Waals surface area contributed by atoms with E-state index in [1.807, 2.05) is 31.2 Å². The molecule has 2 N–H and O–H groups in total. The predicted octanol–water partition coefficient (Wildman–Crippen LogP) is 2.50. The van der Waals surface area contributed by atoms with E-state index in [0.29, 0.717) is 13.2 Å². The molecule has 3 nitrogen and oxygen atoms in total. The van der Waals surface area contributed by atoms with Crippen molar-refractivity contribution in [3.05, 3.63) is 34.3 Å². The topological polar surface area (TPSA) is 44.5 Å². The Labute approximate surface area is 105 Å². The van der Waals surface area contributed by atoms with Crippen LogP contribution in [0.15, 0.2) is 28.7 Å². The van der Waals surface area contributed by atoms with Crippen molar-refractivity contribution in [2.75, 3.05) is 20.3 Å². The summed E-state index contributed by atoms with van der Waals surface area (Å²) in [6.45, 7) is 3.01. The first-order valence-electron chi connectivity index (χ1n) is 5.27. The van der Waals surface area contributed by atoms with Gasteiger partial charge >= 0.3 is 0 Å². The molecule has 0 spiro atoms. The molecule has 0 bridgehead atoms. The second-order valence-corrected chi connectivity index (χ2v) is 4.60. The first-order chi connectivity index (χ1) is 7.67. The van der Waals surface area contributed by atoms with Gasteiger partial charge in [0, 0.05) is 18.1 Å². The largest absolute Gasteiger partial charge is 0.382 e. The minimum Gasteiger partial charge on any atom is -0.382 e. The lowest BCUT2D eigenvalue weighted by molar-refractivity contribution is -0.0362. The lowest BCUT2D eigenvalue weighted by Crippen LogP contribution is -2.23. The minimum atomic E-state index is -0.0809. The number of hydrogen-bond acceptors (Lipinski definition) is 3. The maximum absolute atomic E-state index is 5.81. The summed E-state index contributed by atoms with van der Waals surface area (Å²) in [7, 11) is 1.66. The first kappa shape index (κ1) is 13.6. The number of halogens is 1. The SMILES string of the molecule is COCC(C)OC(CN)c1cccc(Br)c1. The fourth-order valence-corrected chi connectivity index (χ4v) is 1.95. The molecule has 2 atom stereocenters. The third kappa shape index (κ3) is 4.22. The molecular weight excluding hydrogens is 270 g/mol. The van der Waals surface area contributed by atoms with E-state index in [-0.39, 0.29) is 12.2 Å². The Balaban J connectivity index is 2.67. The summed E-state index contributed by atoms with van der Waals surface area (Å²) in [5.74, 6) is 0. The van der Waals surface area contributed by atoms with Crippen LogP contribution in [0.1, 0.15) is 18.6 Å². The van der Waals surface area contributed by atoms with Gasteiger partial charge in [-0.1, -0.05) is 28.1 Å². The number of methoxy groups -OCH3 is 1. The highest BCUT2D eigenvalue weighted by Crippen LogP contribution is 2.21. The molecule has 1 rings (SSSR count). The number of benzene rings is 1. The van der Waals surface area contributed by atoms with Gasteiger partial charge in [-0.15, -0.1) is 0 Å². The standard InChI is InChI=1S/C12H18BrNO2/c1-9(8-15-2)16-12(7-14)10-4-3-5-11(13)6-10/h3-6,9,12H,7-8,14H2,1-2H3. The van der Waals surface area contributed by atoms with E-state index in [4.69, 9.17) is 15.2 Å². The van der Waals surface area contributed by atoms with Gasteiger partial charge in [-0.3, -0.25) is 0 Å². The van der Waals surface area contributed by atoms with Gasteiger partial charge in [0.1, 0.15) is 0 Å². The Hall–Kier alpha value is -0.420. The second-order valence-electron chi connectivity index (χ2n) is 3.68. The molecule has 0 aliphatic heterocycles. The normalized spacial score (nSPS) is 14.8. The molecule has 0 fully saturated rings. The smallest absolute Gasteiger partial charge is 0.0952 e. The molecule has 0 heterocycles. The van der Waals surface area contributed by atoms with Gasteiger partial charge < -0.3 is 15.2 Å². The van der Waals surface area contributed by atoms with E-state index in [2.05, 4.69) is 15.9 Å². The van der Waals surface area contributed by atoms with E-state index in [9.17, 15) is 0 Å². The van der Waals surface area contributed by atoms with Gasteiger partial charge in [0.25, 0.3) is 0 Å². The van der Waals surface area contributed by atoms with Crippen molar-refractivity contribution in [2.24, 2.45) is 5.73 Å². The molecule has 0 aromatic heterocycles. The van der Waals surface area contributed by atoms with E-state index >= 15 is 0 Å². The van der Waals surface area contributed by atoms with Crippen LogP contribution in [0.2, 0.25) is 0 Å². The highest BCUT2D eigenvalue weighted by molar-refractivity contribution is 9.10. The molecule has 0 aliphatic carbocycles. The highest BCUT2D eigenvalue weighted by atomic mass is 79.9. The molecule has 0 amide bonds. The number of nitrogens with two attached hydrogens (primary N) is 1. The van der Waals surface area contributed by atoms with Crippen molar-refractivity contribution in [3.8, 4) is 0 Å². The Morgan fingerprint density at radius 2 is 2.19 bits per heavy atom. The lowest BCUT2D eigenvalue weighted by Gasteiger charge is -2.21. The summed E-state index contributed by atoms with van der Waals surface area (Å²) in [6.07, 6.45) is -0.0415. The van der Waals surface area contributed by atoms with Gasteiger partial charge in [-0.2, -0.15) is 0 Å².